The minimum atomic E-state index is 0. The number of aromatic nitrogens is 1. The van der Waals surface area contributed by atoms with Crippen molar-refractivity contribution in [2.24, 2.45) is 4.99 Å². The molecule has 1 heterocycles. The van der Waals surface area contributed by atoms with Crippen molar-refractivity contribution in [1.29, 1.82) is 0 Å². The summed E-state index contributed by atoms with van der Waals surface area (Å²) in [5.41, 5.74) is 0.866. The number of rotatable bonds is 1. The molecule has 0 spiro atoms. The van der Waals surface area contributed by atoms with Crippen LogP contribution in [0.3, 0.4) is 0 Å². The van der Waals surface area contributed by atoms with Crippen LogP contribution in [-0.2, 0) is 17.1 Å². The van der Waals surface area contributed by atoms with Crippen LogP contribution >= 0.6 is 0 Å². The van der Waals surface area contributed by atoms with Gasteiger partial charge in [0.2, 0.25) is 0 Å². The van der Waals surface area contributed by atoms with Crippen molar-refractivity contribution in [3.8, 4) is 0 Å². The van der Waals surface area contributed by atoms with Gasteiger partial charge in [-0.15, -0.1) is 0 Å². The third kappa shape index (κ3) is 3.32. The molecule has 0 saturated heterocycles. The number of hydrogen-bond donors (Lipinski definition) is 0. The summed E-state index contributed by atoms with van der Waals surface area (Å²) in [7, 11) is 0. The van der Waals surface area contributed by atoms with Crippen LogP contribution in [0.15, 0.2) is 29.4 Å². The molecule has 0 aliphatic heterocycles. The molecular formula is C11H14CuN2. The predicted octanol–water partition coefficient (Wildman–Crippen LogP) is 1.69. The standard InChI is InChI=1S/C11H14N2.Cu/c1-2-6-10(7-3-1)13-11-8-4-5-9-12-11;/h4-6,8-10H,1-3,7H2;/q-2;+2. The fourth-order valence-electron chi connectivity index (χ4n) is 1.64. The Hall–Kier alpha value is -0.531. The Morgan fingerprint density at radius 1 is 1.36 bits per heavy atom. The Balaban J connectivity index is 0.000000980. The Labute approximate surface area is 95.3 Å². The number of hydrogen-bond acceptors (Lipinski definition) is 1. The van der Waals surface area contributed by atoms with Crippen molar-refractivity contribution in [2.45, 2.75) is 31.7 Å². The molecule has 0 amide bonds. The van der Waals surface area contributed by atoms with E-state index in [0.29, 0.717) is 6.04 Å². The molecule has 1 aromatic heterocycles. The summed E-state index contributed by atoms with van der Waals surface area (Å²) in [6, 6.07) is 6.27. The molecule has 1 saturated carbocycles. The van der Waals surface area contributed by atoms with E-state index in [1.54, 1.807) is 6.20 Å². The van der Waals surface area contributed by atoms with E-state index in [4.69, 9.17) is 0 Å². The SMILES string of the molecule is [Cu+2].c1ccc(=NC2[CH-]CCCC2)[n-]c1. The van der Waals surface area contributed by atoms with Crippen LogP contribution in [0.4, 0.5) is 0 Å². The molecule has 2 rings (SSSR count). The molecule has 0 N–H and O–H groups in total. The maximum atomic E-state index is 4.55. The third-order valence-corrected chi connectivity index (χ3v) is 2.34. The van der Waals surface area contributed by atoms with E-state index in [9.17, 15) is 0 Å². The van der Waals surface area contributed by atoms with Gasteiger partial charge in [0, 0.05) is 0 Å². The molecule has 1 radical (unpaired) electrons. The second kappa shape index (κ2) is 6.05. The van der Waals surface area contributed by atoms with E-state index in [2.05, 4.69) is 16.4 Å². The van der Waals surface area contributed by atoms with Gasteiger partial charge < -0.3 is 16.4 Å². The second-order valence-corrected chi connectivity index (χ2v) is 3.40. The van der Waals surface area contributed by atoms with E-state index >= 15 is 0 Å². The van der Waals surface area contributed by atoms with Crippen LogP contribution in [0.25, 0.3) is 0 Å². The average Bonchev–Trinajstić information content (AvgIpc) is 2.21. The van der Waals surface area contributed by atoms with Gasteiger partial charge in [-0.2, -0.15) is 12.5 Å². The zero-order chi connectivity index (χ0) is 8.93. The molecule has 14 heavy (non-hydrogen) atoms. The minimum absolute atomic E-state index is 0. The largest absolute Gasteiger partial charge is 2.00 e. The molecule has 1 aromatic rings. The molecular weight excluding hydrogens is 224 g/mol. The quantitative estimate of drug-likeness (QED) is 0.539. The fourth-order valence-corrected chi connectivity index (χ4v) is 1.64. The van der Waals surface area contributed by atoms with Crippen molar-refractivity contribution >= 4 is 0 Å². The fraction of sp³-hybridized carbons (Fsp3) is 0.455. The van der Waals surface area contributed by atoms with Crippen LogP contribution in [0.1, 0.15) is 25.7 Å². The van der Waals surface area contributed by atoms with Gasteiger partial charge in [-0.1, -0.05) is 49.1 Å². The van der Waals surface area contributed by atoms with Gasteiger partial charge in [0.25, 0.3) is 0 Å². The van der Waals surface area contributed by atoms with Crippen molar-refractivity contribution in [3.63, 3.8) is 0 Å². The summed E-state index contributed by atoms with van der Waals surface area (Å²) in [4.78, 5) is 8.74. The van der Waals surface area contributed by atoms with E-state index in [1.807, 2.05) is 18.2 Å². The van der Waals surface area contributed by atoms with Gasteiger partial charge in [0.05, 0.1) is 0 Å². The second-order valence-electron chi connectivity index (χ2n) is 3.40. The van der Waals surface area contributed by atoms with E-state index < -0.39 is 0 Å². The molecule has 0 aromatic carbocycles. The molecule has 79 valence electrons. The van der Waals surface area contributed by atoms with Crippen LogP contribution < -0.4 is 10.5 Å². The maximum Gasteiger partial charge on any atom is 2.00 e. The molecule has 3 heteroatoms. The van der Waals surface area contributed by atoms with E-state index in [1.165, 1.54) is 25.7 Å². The summed E-state index contributed by atoms with van der Waals surface area (Å²) in [6.45, 7) is 0. The monoisotopic (exact) mass is 237 g/mol. The Morgan fingerprint density at radius 3 is 2.93 bits per heavy atom. The molecule has 2 nitrogen and oxygen atoms in total. The van der Waals surface area contributed by atoms with Crippen LogP contribution in [0.2, 0.25) is 0 Å². The summed E-state index contributed by atoms with van der Waals surface area (Å²) < 4.78 is 0. The summed E-state index contributed by atoms with van der Waals surface area (Å²) >= 11 is 0. The van der Waals surface area contributed by atoms with Gasteiger partial charge >= 0.3 is 17.1 Å². The molecule has 1 atom stereocenters. The van der Waals surface area contributed by atoms with Gasteiger partial charge in [0.1, 0.15) is 0 Å². The average molecular weight is 238 g/mol. The first-order chi connectivity index (χ1) is 6.45. The van der Waals surface area contributed by atoms with Crippen LogP contribution in [0, 0.1) is 6.42 Å². The normalized spacial score (nSPS) is 22.9. The Bertz CT molecular complexity index is 296. The van der Waals surface area contributed by atoms with Crippen molar-refractivity contribution in [3.05, 3.63) is 36.3 Å². The molecule has 1 fully saturated rings. The minimum Gasteiger partial charge on any atom is -0.494 e. The molecule has 1 aliphatic carbocycles. The molecule has 0 bridgehead atoms. The first-order valence-corrected chi connectivity index (χ1v) is 4.90. The summed E-state index contributed by atoms with van der Waals surface area (Å²) in [5.74, 6) is 0. The third-order valence-electron chi connectivity index (χ3n) is 2.34. The topological polar surface area (TPSA) is 26.5 Å². The Kier molecular flexibility index (Phi) is 4.99. The number of pyridine rings is 1. The number of nitrogens with zero attached hydrogens (tertiary/aromatic N) is 2. The molecule has 1 unspecified atom stereocenters. The van der Waals surface area contributed by atoms with Crippen LogP contribution in [0.5, 0.6) is 0 Å². The van der Waals surface area contributed by atoms with Gasteiger partial charge in [-0.25, -0.2) is 0 Å². The molecule has 1 aliphatic rings. The van der Waals surface area contributed by atoms with E-state index in [0.717, 1.165) is 5.49 Å². The van der Waals surface area contributed by atoms with Crippen molar-refractivity contribution < 1.29 is 17.1 Å². The zero-order valence-electron chi connectivity index (χ0n) is 7.99. The maximum absolute atomic E-state index is 4.55. The Morgan fingerprint density at radius 2 is 2.29 bits per heavy atom. The van der Waals surface area contributed by atoms with Gasteiger partial charge in [-0.3, -0.25) is 0 Å². The summed E-state index contributed by atoms with van der Waals surface area (Å²) in [6.07, 6.45) is 9.13. The van der Waals surface area contributed by atoms with Crippen molar-refractivity contribution in [1.82, 2.24) is 4.98 Å². The first kappa shape index (κ1) is 11.5. The van der Waals surface area contributed by atoms with Gasteiger partial charge in [-0.05, 0) is 0 Å². The van der Waals surface area contributed by atoms with Crippen molar-refractivity contribution in [2.75, 3.05) is 0 Å². The smallest absolute Gasteiger partial charge is 0.494 e. The van der Waals surface area contributed by atoms with E-state index in [-0.39, 0.29) is 17.1 Å². The zero-order valence-corrected chi connectivity index (χ0v) is 8.93. The summed E-state index contributed by atoms with van der Waals surface area (Å²) in [5, 5.41) is 0. The van der Waals surface area contributed by atoms with Crippen LogP contribution in [-0.4, -0.2) is 6.04 Å². The van der Waals surface area contributed by atoms with Gasteiger partial charge in [0.15, 0.2) is 0 Å². The predicted molar refractivity (Wildman–Crippen MR) is 51.9 cm³/mol. The first-order valence-electron chi connectivity index (χ1n) is 4.90.